The van der Waals surface area contributed by atoms with E-state index in [1.54, 1.807) is 6.26 Å². The molecule has 4 heteroatoms. The van der Waals surface area contributed by atoms with Gasteiger partial charge < -0.3 is 10.1 Å². The topological polar surface area (TPSA) is 38.3 Å². The van der Waals surface area contributed by atoms with Crippen LogP contribution in [0.4, 0.5) is 0 Å². The van der Waals surface area contributed by atoms with Crippen LogP contribution in [0.2, 0.25) is 0 Å². The Hall–Kier alpha value is 0.0700. The lowest BCUT2D eigenvalue weighted by Crippen LogP contribution is -2.36. The van der Waals surface area contributed by atoms with E-state index in [2.05, 4.69) is 12.2 Å². The Bertz CT molecular complexity index is 205. The third-order valence-electron chi connectivity index (χ3n) is 2.96. The highest BCUT2D eigenvalue weighted by molar-refractivity contribution is 7.84. The molecule has 1 saturated heterocycles. The van der Waals surface area contributed by atoms with Crippen molar-refractivity contribution in [3.05, 3.63) is 0 Å². The monoisotopic (exact) mass is 233 g/mol. The summed E-state index contributed by atoms with van der Waals surface area (Å²) in [4.78, 5) is 0. The Morgan fingerprint density at radius 3 is 2.80 bits per heavy atom. The molecule has 0 bridgehead atoms. The van der Waals surface area contributed by atoms with Gasteiger partial charge in [0.2, 0.25) is 0 Å². The number of ether oxygens (including phenoxy) is 1. The Morgan fingerprint density at radius 1 is 1.53 bits per heavy atom. The molecule has 0 radical (unpaired) electrons. The van der Waals surface area contributed by atoms with Gasteiger partial charge in [0.1, 0.15) is 0 Å². The van der Waals surface area contributed by atoms with Gasteiger partial charge in [-0.15, -0.1) is 0 Å². The molecule has 90 valence electrons. The molecule has 0 amide bonds. The fourth-order valence-corrected chi connectivity index (χ4v) is 2.12. The van der Waals surface area contributed by atoms with Crippen LogP contribution in [0, 0.1) is 0 Å². The Kier molecular flexibility index (Phi) is 5.79. The lowest BCUT2D eigenvalue weighted by atomic mass is 10.1. The molecule has 0 saturated carbocycles. The van der Waals surface area contributed by atoms with Crippen LogP contribution in [0.3, 0.4) is 0 Å². The molecule has 0 spiro atoms. The van der Waals surface area contributed by atoms with Gasteiger partial charge >= 0.3 is 0 Å². The third-order valence-corrected chi connectivity index (χ3v) is 4.26. The van der Waals surface area contributed by atoms with Gasteiger partial charge in [0.25, 0.3) is 0 Å². The van der Waals surface area contributed by atoms with Crippen LogP contribution in [0.5, 0.6) is 0 Å². The van der Waals surface area contributed by atoms with Crippen molar-refractivity contribution >= 4 is 10.8 Å². The lowest BCUT2D eigenvalue weighted by Gasteiger charge is -2.19. The maximum atomic E-state index is 11.1. The normalized spacial score (nSPS) is 27.5. The second-order valence-corrected chi connectivity index (χ2v) is 6.29. The van der Waals surface area contributed by atoms with E-state index in [9.17, 15) is 4.21 Å². The predicted molar refractivity (Wildman–Crippen MR) is 64.6 cm³/mol. The fourth-order valence-electron chi connectivity index (χ4n) is 1.79. The van der Waals surface area contributed by atoms with Gasteiger partial charge in [0, 0.05) is 41.5 Å². The first-order chi connectivity index (χ1) is 7.09. The van der Waals surface area contributed by atoms with E-state index in [-0.39, 0.29) is 5.25 Å². The Balaban J connectivity index is 2.12. The second kappa shape index (κ2) is 6.61. The van der Waals surface area contributed by atoms with Crippen molar-refractivity contribution in [2.24, 2.45) is 0 Å². The molecule has 1 fully saturated rings. The fraction of sp³-hybridized carbons (Fsp3) is 1.00. The molecule has 15 heavy (non-hydrogen) atoms. The van der Waals surface area contributed by atoms with Crippen molar-refractivity contribution in [3.8, 4) is 0 Å². The smallest absolute Gasteiger partial charge is 0.0590 e. The molecule has 1 rings (SSSR count). The number of nitrogens with one attached hydrogen (secondary N) is 1. The SMILES string of the molecule is CC(CC1CCCO1)NCC(C)S(C)=O. The largest absolute Gasteiger partial charge is 0.378 e. The van der Waals surface area contributed by atoms with Crippen molar-refractivity contribution in [1.29, 1.82) is 0 Å². The summed E-state index contributed by atoms with van der Waals surface area (Å²) in [6.07, 6.45) is 5.67. The molecule has 1 N–H and O–H groups in total. The minimum Gasteiger partial charge on any atom is -0.378 e. The minimum atomic E-state index is -0.724. The lowest BCUT2D eigenvalue weighted by molar-refractivity contribution is 0.0964. The van der Waals surface area contributed by atoms with E-state index in [4.69, 9.17) is 4.74 Å². The van der Waals surface area contributed by atoms with Gasteiger partial charge in [-0.05, 0) is 33.1 Å². The summed E-state index contributed by atoms with van der Waals surface area (Å²) in [6, 6.07) is 0.457. The standard InChI is InChI=1S/C11H23NO2S/c1-9(7-11-5-4-6-14-11)12-8-10(2)15(3)13/h9-12H,4-8H2,1-3H3. The minimum absolute atomic E-state index is 0.233. The summed E-state index contributed by atoms with van der Waals surface area (Å²) in [6.45, 7) is 5.94. The van der Waals surface area contributed by atoms with Gasteiger partial charge in [-0.1, -0.05) is 0 Å². The molecule has 4 atom stereocenters. The van der Waals surface area contributed by atoms with Gasteiger partial charge in [-0.3, -0.25) is 4.21 Å². The highest BCUT2D eigenvalue weighted by Crippen LogP contribution is 2.16. The van der Waals surface area contributed by atoms with Crippen molar-refractivity contribution in [1.82, 2.24) is 5.32 Å². The van der Waals surface area contributed by atoms with E-state index in [0.717, 1.165) is 19.6 Å². The molecular formula is C11H23NO2S. The predicted octanol–water partition coefficient (Wildman–Crippen LogP) is 1.30. The summed E-state index contributed by atoms with van der Waals surface area (Å²) in [5, 5.41) is 3.65. The quantitative estimate of drug-likeness (QED) is 0.751. The molecule has 3 nitrogen and oxygen atoms in total. The van der Waals surface area contributed by atoms with Crippen molar-refractivity contribution < 1.29 is 8.95 Å². The summed E-state index contributed by atoms with van der Waals surface area (Å²) < 4.78 is 16.7. The molecule has 0 aromatic carbocycles. The van der Waals surface area contributed by atoms with Crippen LogP contribution in [-0.2, 0) is 15.5 Å². The first-order valence-electron chi connectivity index (χ1n) is 5.76. The summed E-state index contributed by atoms with van der Waals surface area (Å²) in [7, 11) is -0.724. The average Bonchev–Trinajstić information content (AvgIpc) is 2.66. The van der Waals surface area contributed by atoms with E-state index < -0.39 is 10.8 Å². The zero-order valence-electron chi connectivity index (χ0n) is 9.99. The van der Waals surface area contributed by atoms with E-state index >= 15 is 0 Å². The Morgan fingerprint density at radius 2 is 2.27 bits per heavy atom. The number of rotatable bonds is 6. The zero-order valence-corrected chi connectivity index (χ0v) is 10.8. The van der Waals surface area contributed by atoms with Crippen LogP contribution in [0.1, 0.15) is 33.1 Å². The third kappa shape index (κ3) is 5.09. The highest BCUT2D eigenvalue weighted by Gasteiger charge is 2.18. The van der Waals surface area contributed by atoms with Crippen LogP contribution in [0.15, 0.2) is 0 Å². The zero-order chi connectivity index (χ0) is 11.3. The molecule has 1 aliphatic rings. The maximum Gasteiger partial charge on any atom is 0.0590 e. The van der Waals surface area contributed by atoms with Gasteiger partial charge in [0.05, 0.1) is 6.10 Å². The molecule has 4 unspecified atom stereocenters. The molecule has 1 aliphatic heterocycles. The average molecular weight is 233 g/mol. The van der Waals surface area contributed by atoms with Crippen LogP contribution < -0.4 is 5.32 Å². The van der Waals surface area contributed by atoms with Gasteiger partial charge in [-0.25, -0.2) is 0 Å². The van der Waals surface area contributed by atoms with Crippen LogP contribution in [0.25, 0.3) is 0 Å². The highest BCUT2D eigenvalue weighted by atomic mass is 32.2. The Labute approximate surface area is 95.4 Å². The molecular weight excluding hydrogens is 210 g/mol. The van der Waals surface area contributed by atoms with E-state index in [1.807, 2.05) is 6.92 Å². The van der Waals surface area contributed by atoms with Crippen molar-refractivity contribution in [2.45, 2.75) is 50.5 Å². The van der Waals surface area contributed by atoms with Crippen molar-refractivity contribution in [2.75, 3.05) is 19.4 Å². The molecule has 1 heterocycles. The second-order valence-electron chi connectivity index (χ2n) is 4.49. The van der Waals surface area contributed by atoms with Crippen LogP contribution >= 0.6 is 0 Å². The van der Waals surface area contributed by atoms with E-state index in [1.165, 1.54) is 12.8 Å². The maximum absolute atomic E-state index is 11.1. The summed E-state index contributed by atoms with van der Waals surface area (Å²) in [5.41, 5.74) is 0. The summed E-state index contributed by atoms with van der Waals surface area (Å²) >= 11 is 0. The first kappa shape index (κ1) is 13.1. The van der Waals surface area contributed by atoms with Gasteiger partial charge in [-0.2, -0.15) is 0 Å². The number of hydrogen-bond donors (Lipinski definition) is 1. The number of hydrogen-bond acceptors (Lipinski definition) is 3. The molecule has 0 aromatic rings. The first-order valence-corrected chi connectivity index (χ1v) is 7.39. The van der Waals surface area contributed by atoms with Crippen LogP contribution in [-0.4, -0.2) is 41.0 Å². The van der Waals surface area contributed by atoms with Gasteiger partial charge in [0.15, 0.2) is 0 Å². The molecule has 0 aliphatic carbocycles. The van der Waals surface area contributed by atoms with Crippen molar-refractivity contribution in [3.63, 3.8) is 0 Å². The van der Waals surface area contributed by atoms with E-state index in [0.29, 0.717) is 12.1 Å². The summed E-state index contributed by atoms with van der Waals surface area (Å²) in [5.74, 6) is 0. The molecule has 0 aromatic heterocycles.